The van der Waals surface area contributed by atoms with Crippen molar-refractivity contribution in [3.8, 4) is 0 Å². The topological polar surface area (TPSA) is 108 Å². The predicted molar refractivity (Wildman–Crippen MR) is 64.0 cm³/mol. The van der Waals surface area contributed by atoms with Crippen molar-refractivity contribution in [1.29, 1.82) is 0 Å². The number of alkyl halides is 1. The Morgan fingerprint density at radius 1 is 1.74 bits per heavy atom. The van der Waals surface area contributed by atoms with E-state index in [9.17, 15) is 19.4 Å². The number of hydrogen-bond acceptors (Lipinski definition) is 6. The summed E-state index contributed by atoms with van der Waals surface area (Å²) in [6.45, 7) is -3.61. The Kier molecular flexibility index (Phi) is 3.10. The van der Waals surface area contributed by atoms with Crippen LogP contribution in [0.5, 0.6) is 0 Å². The quantitative estimate of drug-likeness (QED) is 0.547. The number of aromatic amines is 1. The Morgan fingerprint density at radius 2 is 2.37 bits per heavy atom. The van der Waals surface area contributed by atoms with E-state index < -0.39 is 36.5 Å². The number of nitrogens with one attached hydrogen (secondary N) is 1. The molecule has 2 rings (SSSR count). The minimum absolute atomic E-state index is 0.102. The van der Waals surface area contributed by atoms with Gasteiger partial charge in [0.1, 0.15) is 23.4 Å². The smallest absolute Gasteiger partial charge is 0.328 e. The van der Waals surface area contributed by atoms with Crippen LogP contribution in [-0.2, 0) is 4.74 Å². The molecule has 0 bridgehead atoms. The molecule has 0 unspecified atom stereocenters. The van der Waals surface area contributed by atoms with Gasteiger partial charge in [0.2, 0.25) is 0 Å². The Labute approximate surface area is 118 Å². The lowest BCUT2D eigenvalue weighted by molar-refractivity contribution is -0.207. The molecule has 2 heterocycles. The standard InChI is InChI=1S/C9H10ClFN2O5S/c10-3-1-13(8(17)12-6(3)19)7-4(15)5(16)9(11,2-14)18-7/h1,4-5,7,14-16H,2H2,(H,12,17,19)/t4-,5+,7-,9-/m1/s1/i2D2. The number of H-pyrrole nitrogens is 1. The van der Waals surface area contributed by atoms with Crippen molar-refractivity contribution in [1.82, 2.24) is 9.55 Å². The zero-order valence-electron chi connectivity index (χ0n) is 11.1. The zero-order chi connectivity index (χ0) is 16.2. The van der Waals surface area contributed by atoms with Gasteiger partial charge in [-0.15, -0.1) is 0 Å². The van der Waals surface area contributed by atoms with Crippen LogP contribution in [0.4, 0.5) is 4.39 Å². The first-order valence-corrected chi connectivity index (χ1v) is 5.74. The largest absolute Gasteiger partial charge is 0.390 e. The summed E-state index contributed by atoms with van der Waals surface area (Å²) in [5, 5.41) is 28.3. The monoisotopic (exact) mass is 314 g/mol. The van der Waals surface area contributed by atoms with Gasteiger partial charge in [-0.3, -0.25) is 9.55 Å². The summed E-state index contributed by atoms with van der Waals surface area (Å²) in [4.78, 5) is 13.8. The van der Waals surface area contributed by atoms with Gasteiger partial charge in [0.05, 0.1) is 7.76 Å². The molecule has 7 nitrogen and oxygen atoms in total. The molecular weight excluding hydrogens is 303 g/mol. The second-order valence-corrected chi connectivity index (χ2v) is 4.66. The van der Waals surface area contributed by atoms with Gasteiger partial charge in [-0.25, -0.2) is 9.18 Å². The lowest BCUT2D eigenvalue weighted by Crippen LogP contribution is -2.42. The average molecular weight is 315 g/mol. The molecule has 19 heavy (non-hydrogen) atoms. The highest BCUT2D eigenvalue weighted by Gasteiger charge is 2.55. The van der Waals surface area contributed by atoms with E-state index in [1.165, 1.54) is 0 Å². The summed E-state index contributed by atoms with van der Waals surface area (Å²) in [5.41, 5.74) is -0.927. The van der Waals surface area contributed by atoms with Gasteiger partial charge in [0.25, 0.3) is 5.85 Å². The fourth-order valence-corrected chi connectivity index (χ4v) is 1.95. The molecule has 1 aromatic heterocycles. The van der Waals surface area contributed by atoms with Gasteiger partial charge in [-0.1, -0.05) is 23.8 Å². The van der Waals surface area contributed by atoms with Gasteiger partial charge in [0, 0.05) is 6.20 Å². The van der Waals surface area contributed by atoms with Crippen molar-refractivity contribution < 1.29 is 27.2 Å². The van der Waals surface area contributed by atoms with Crippen molar-refractivity contribution in [2.24, 2.45) is 0 Å². The van der Waals surface area contributed by atoms with Crippen molar-refractivity contribution in [3.63, 3.8) is 0 Å². The fourth-order valence-electron chi connectivity index (χ4n) is 1.65. The summed E-state index contributed by atoms with van der Waals surface area (Å²) in [7, 11) is 0. The molecule has 1 aliphatic heterocycles. The van der Waals surface area contributed by atoms with Gasteiger partial charge in [-0.2, -0.15) is 0 Å². The Morgan fingerprint density at radius 3 is 2.89 bits per heavy atom. The normalized spacial score (nSPS) is 37.0. The first-order chi connectivity index (χ1) is 9.49. The molecule has 0 aromatic carbocycles. The van der Waals surface area contributed by atoms with Crippen LogP contribution in [0.25, 0.3) is 0 Å². The summed E-state index contributed by atoms with van der Waals surface area (Å²) in [6.07, 6.45) is -5.35. The number of nitrogens with zero attached hydrogens (tertiary/aromatic N) is 1. The lowest BCUT2D eigenvalue weighted by Gasteiger charge is -2.20. The van der Waals surface area contributed by atoms with Crippen LogP contribution in [0.2, 0.25) is 5.02 Å². The molecule has 4 N–H and O–H groups in total. The maximum atomic E-state index is 14.3. The molecule has 0 amide bonds. The third-order valence-corrected chi connectivity index (χ3v) is 3.36. The van der Waals surface area contributed by atoms with Gasteiger partial charge in [0.15, 0.2) is 6.23 Å². The van der Waals surface area contributed by atoms with Crippen LogP contribution >= 0.6 is 23.8 Å². The number of hydrogen-bond donors (Lipinski definition) is 4. The number of ether oxygens (including phenoxy) is 1. The van der Waals surface area contributed by atoms with E-state index in [4.69, 9.17) is 31.7 Å². The molecule has 4 atom stereocenters. The molecule has 0 radical (unpaired) electrons. The lowest BCUT2D eigenvalue weighted by atomic mass is 10.1. The minimum atomic E-state index is -3.63. The molecule has 106 valence electrons. The highest BCUT2D eigenvalue weighted by Crippen LogP contribution is 2.37. The molecular formula is C9H10ClFN2O5S. The maximum Gasteiger partial charge on any atom is 0.328 e. The fraction of sp³-hybridized carbons (Fsp3) is 0.556. The number of aliphatic hydroxyl groups excluding tert-OH is 2. The molecule has 0 saturated carbocycles. The van der Waals surface area contributed by atoms with E-state index in [2.05, 4.69) is 9.72 Å². The van der Waals surface area contributed by atoms with Crippen molar-refractivity contribution in [2.75, 3.05) is 6.56 Å². The van der Waals surface area contributed by atoms with Crippen molar-refractivity contribution in [2.45, 2.75) is 24.3 Å². The molecule has 1 aromatic rings. The first kappa shape index (κ1) is 11.9. The Hall–Kier alpha value is -0.840. The van der Waals surface area contributed by atoms with Crippen LogP contribution in [-0.4, -0.2) is 49.5 Å². The van der Waals surface area contributed by atoms with Crippen LogP contribution < -0.4 is 5.69 Å². The van der Waals surface area contributed by atoms with Crippen LogP contribution in [0.3, 0.4) is 0 Å². The number of rotatable bonds is 2. The molecule has 1 saturated heterocycles. The van der Waals surface area contributed by atoms with Crippen LogP contribution in [0.15, 0.2) is 11.0 Å². The molecule has 0 aliphatic carbocycles. The van der Waals surface area contributed by atoms with E-state index in [-0.39, 0.29) is 9.66 Å². The van der Waals surface area contributed by atoms with Crippen molar-refractivity contribution >= 4 is 23.8 Å². The summed E-state index contributed by atoms with van der Waals surface area (Å²) in [5.74, 6) is -3.63. The number of aromatic nitrogens is 2. The maximum absolute atomic E-state index is 14.3. The molecule has 0 spiro atoms. The first-order valence-electron chi connectivity index (χ1n) is 5.95. The second kappa shape index (κ2) is 4.93. The summed E-state index contributed by atoms with van der Waals surface area (Å²) < 4.78 is 33.2. The van der Waals surface area contributed by atoms with Gasteiger partial charge >= 0.3 is 5.69 Å². The van der Waals surface area contributed by atoms with E-state index in [1.54, 1.807) is 0 Å². The third-order valence-electron chi connectivity index (χ3n) is 2.64. The predicted octanol–water partition coefficient (Wildman–Crippen LogP) is -0.532. The molecule has 1 aliphatic rings. The van der Waals surface area contributed by atoms with Gasteiger partial charge < -0.3 is 20.1 Å². The van der Waals surface area contributed by atoms with Crippen LogP contribution in [0, 0.1) is 4.64 Å². The molecule has 1 fully saturated rings. The van der Waals surface area contributed by atoms with Crippen molar-refractivity contribution in [3.05, 3.63) is 26.3 Å². The van der Waals surface area contributed by atoms with E-state index in [1.807, 2.05) is 0 Å². The third kappa shape index (κ3) is 2.33. The minimum Gasteiger partial charge on any atom is -0.390 e. The summed E-state index contributed by atoms with van der Waals surface area (Å²) in [6, 6.07) is 0. The van der Waals surface area contributed by atoms with E-state index >= 15 is 0 Å². The zero-order valence-corrected chi connectivity index (χ0v) is 10.7. The highest BCUT2D eigenvalue weighted by atomic mass is 35.5. The SMILES string of the molecule is [2H]C([2H])(O)[C@@]1(F)O[C@@H](n2cc(Cl)c(=S)[nH]c2=O)[C@H](O)[C@@H]1O. The molecule has 10 heteroatoms. The second-order valence-electron chi connectivity index (χ2n) is 3.84. The van der Waals surface area contributed by atoms with Gasteiger partial charge in [-0.05, 0) is 0 Å². The Bertz CT molecular complexity index is 679. The summed E-state index contributed by atoms with van der Waals surface area (Å²) >= 11 is 10.4. The van der Waals surface area contributed by atoms with E-state index in [0.29, 0.717) is 4.57 Å². The number of halogens is 2. The average Bonchev–Trinajstić information content (AvgIpc) is 2.59. The Balaban J connectivity index is 2.51. The van der Waals surface area contributed by atoms with Crippen LogP contribution in [0.1, 0.15) is 8.97 Å². The van der Waals surface area contributed by atoms with E-state index in [0.717, 1.165) is 6.20 Å². The number of aliphatic hydroxyl groups is 3. The highest BCUT2D eigenvalue weighted by molar-refractivity contribution is 7.71.